The van der Waals surface area contributed by atoms with Gasteiger partial charge < -0.3 is 19.5 Å². The first-order chi connectivity index (χ1) is 11.9. The average molecular weight is 347 g/mol. The van der Waals surface area contributed by atoms with Crippen LogP contribution in [-0.2, 0) is 9.53 Å². The molecule has 0 spiro atoms. The van der Waals surface area contributed by atoms with Crippen molar-refractivity contribution < 1.29 is 28.2 Å². The lowest BCUT2D eigenvalue weighted by molar-refractivity contribution is -0.123. The van der Waals surface area contributed by atoms with Gasteiger partial charge in [-0.1, -0.05) is 0 Å². The van der Waals surface area contributed by atoms with Gasteiger partial charge in [0.25, 0.3) is 5.91 Å². The Labute approximate surface area is 144 Å². The predicted molar refractivity (Wildman–Crippen MR) is 89.5 cm³/mol. The van der Waals surface area contributed by atoms with Gasteiger partial charge in [0.1, 0.15) is 5.82 Å². The number of hydrogen-bond acceptors (Lipinski definition) is 5. The second kappa shape index (κ2) is 8.14. The first-order valence-electron chi connectivity index (χ1n) is 7.44. The fraction of sp³-hybridized carbons (Fsp3) is 0.222. The molecule has 0 aromatic heterocycles. The number of methoxy groups -OCH3 is 2. The molecule has 25 heavy (non-hydrogen) atoms. The van der Waals surface area contributed by atoms with Crippen molar-refractivity contribution in [1.82, 2.24) is 0 Å². The fourth-order valence-corrected chi connectivity index (χ4v) is 2.02. The van der Waals surface area contributed by atoms with Crippen molar-refractivity contribution in [3.63, 3.8) is 0 Å². The smallest absolute Gasteiger partial charge is 0.339 e. The second-order valence-corrected chi connectivity index (χ2v) is 5.11. The summed E-state index contributed by atoms with van der Waals surface area (Å²) in [4.78, 5) is 24.2. The number of hydrogen-bond donors (Lipinski definition) is 1. The van der Waals surface area contributed by atoms with Crippen LogP contribution in [0.1, 0.15) is 17.3 Å². The molecule has 2 aromatic rings. The highest BCUT2D eigenvalue weighted by Crippen LogP contribution is 2.27. The molecule has 0 saturated heterocycles. The molecule has 1 N–H and O–H groups in total. The molecule has 2 rings (SSSR count). The van der Waals surface area contributed by atoms with E-state index < -0.39 is 23.8 Å². The van der Waals surface area contributed by atoms with Gasteiger partial charge in [0.2, 0.25) is 0 Å². The van der Waals surface area contributed by atoms with Crippen LogP contribution in [-0.4, -0.2) is 32.2 Å². The highest BCUT2D eigenvalue weighted by molar-refractivity contribution is 5.97. The van der Waals surface area contributed by atoms with Gasteiger partial charge in [-0.2, -0.15) is 0 Å². The highest BCUT2D eigenvalue weighted by Gasteiger charge is 2.20. The summed E-state index contributed by atoms with van der Waals surface area (Å²) in [7, 11) is 2.93. The van der Waals surface area contributed by atoms with Crippen LogP contribution in [0.4, 0.5) is 10.1 Å². The standard InChI is InChI=1S/C18H18FNO5/c1-11(17(21)20-14-7-5-13(19)6-8-14)25-18(22)12-4-9-15(23-2)16(10-12)24-3/h4-11H,1-3H3,(H,20,21)/t11-/m1/s1. The molecule has 0 unspecified atom stereocenters. The van der Waals surface area contributed by atoms with E-state index in [-0.39, 0.29) is 5.56 Å². The Morgan fingerprint density at radius 1 is 1.00 bits per heavy atom. The minimum absolute atomic E-state index is 0.221. The number of nitrogens with one attached hydrogen (secondary N) is 1. The summed E-state index contributed by atoms with van der Waals surface area (Å²) < 4.78 is 28.2. The van der Waals surface area contributed by atoms with E-state index in [2.05, 4.69) is 5.32 Å². The normalized spacial score (nSPS) is 11.4. The maximum absolute atomic E-state index is 12.9. The van der Waals surface area contributed by atoms with E-state index >= 15 is 0 Å². The Bertz CT molecular complexity index is 761. The number of amides is 1. The number of esters is 1. The van der Waals surface area contributed by atoms with Crippen LogP contribution in [0.2, 0.25) is 0 Å². The number of benzene rings is 2. The monoisotopic (exact) mass is 347 g/mol. The molecule has 2 aromatic carbocycles. The van der Waals surface area contributed by atoms with Crippen molar-refractivity contribution in [1.29, 1.82) is 0 Å². The minimum atomic E-state index is -1.04. The number of carbonyl (C=O) groups excluding carboxylic acids is 2. The molecule has 0 bridgehead atoms. The molecule has 0 aliphatic heterocycles. The summed E-state index contributed by atoms with van der Waals surface area (Å²) >= 11 is 0. The van der Waals surface area contributed by atoms with Crippen molar-refractivity contribution in [3.8, 4) is 11.5 Å². The zero-order valence-electron chi connectivity index (χ0n) is 14.0. The summed E-state index contributed by atoms with van der Waals surface area (Å²) in [5.41, 5.74) is 0.625. The summed E-state index contributed by atoms with van der Waals surface area (Å²) in [6, 6.07) is 9.80. The zero-order valence-corrected chi connectivity index (χ0v) is 14.0. The third-order valence-corrected chi connectivity index (χ3v) is 3.38. The summed E-state index contributed by atoms with van der Waals surface area (Å²) in [5.74, 6) is -0.768. The fourth-order valence-electron chi connectivity index (χ4n) is 2.02. The van der Waals surface area contributed by atoms with Gasteiger partial charge in [-0.15, -0.1) is 0 Å². The van der Waals surface area contributed by atoms with Crippen molar-refractivity contribution in [2.45, 2.75) is 13.0 Å². The Hall–Kier alpha value is -3.09. The minimum Gasteiger partial charge on any atom is -0.493 e. The Kier molecular flexibility index (Phi) is 5.94. The quantitative estimate of drug-likeness (QED) is 0.813. The van der Waals surface area contributed by atoms with E-state index in [1.807, 2.05) is 0 Å². The van der Waals surface area contributed by atoms with Crippen LogP contribution < -0.4 is 14.8 Å². The molecule has 0 radical (unpaired) electrons. The van der Waals surface area contributed by atoms with Gasteiger partial charge >= 0.3 is 5.97 Å². The van der Waals surface area contributed by atoms with E-state index in [0.717, 1.165) is 0 Å². The Morgan fingerprint density at radius 3 is 2.24 bits per heavy atom. The van der Waals surface area contributed by atoms with Crippen molar-refractivity contribution in [2.75, 3.05) is 19.5 Å². The zero-order chi connectivity index (χ0) is 18.4. The van der Waals surface area contributed by atoms with E-state index in [1.54, 1.807) is 6.07 Å². The Morgan fingerprint density at radius 2 is 1.64 bits per heavy atom. The van der Waals surface area contributed by atoms with Crippen molar-refractivity contribution in [2.24, 2.45) is 0 Å². The molecule has 0 fully saturated rings. The third-order valence-electron chi connectivity index (χ3n) is 3.38. The summed E-state index contributed by atoms with van der Waals surface area (Å²) in [6.45, 7) is 1.44. The molecule has 0 aliphatic rings. The lowest BCUT2D eigenvalue weighted by atomic mass is 10.2. The topological polar surface area (TPSA) is 73.9 Å². The van der Waals surface area contributed by atoms with E-state index in [1.165, 1.54) is 57.5 Å². The van der Waals surface area contributed by atoms with Crippen LogP contribution in [0.25, 0.3) is 0 Å². The third kappa shape index (κ3) is 4.69. The predicted octanol–water partition coefficient (Wildman–Crippen LogP) is 3.03. The summed E-state index contributed by atoms with van der Waals surface area (Å²) in [6.07, 6.45) is -1.04. The average Bonchev–Trinajstić information content (AvgIpc) is 2.62. The second-order valence-electron chi connectivity index (χ2n) is 5.11. The number of ether oxygens (including phenoxy) is 3. The SMILES string of the molecule is COc1ccc(C(=O)O[C@H](C)C(=O)Nc2ccc(F)cc2)cc1OC. The number of carbonyl (C=O) groups is 2. The molecule has 0 aliphatic carbocycles. The van der Waals surface area contributed by atoms with Gasteiger partial charge in [0, 0.05) is 5.69 Å². The highest BCUT2D eigenvalue weighted by atomic mass is 19.1. The van der Waals surface area contributed by atoms with Crippen LogP contribution in [0.15, 0.2) is 42.5 Å². The van der Waals surface area contributed by atoms with Crippen molar-refractivity contribution >= 4 is 17.6 Å². The molecule has 1 amide bonds. The van der Waals surface area contributed by atoms with Gasteiger partial charge in [0.05, 0.1) is 19.8 Å². The first-order valence-corrected chi connectivity index (χ1v) is 7.44. The lowest BCUT2D eigenvalue weighted by Crippen LogP contribution is -2.30. The molecule has 132 valence electrons. The Balaban J connectivity index is 2.01. The first kappa shape index (κ1) is 18.3. The molecule has 7 heteroatoms. The van der Waals surface area contributed by atoms with E-state index in [4.69, 9.17) is 14.2 Å². The maximum atomic E-state index is 12.9. The number of anilines is 1. The van der Waals surface area contributed by atoms with Crippen molar-refractivity contribution in [3.05, 3.63) is 53.8 Å². The van der Waals surface area contributed by atoms with Gasteiger partial charge in [0.15, 0.2) is 17.6 Å². The van der Waals surface area contributed by atoms with Gasteiger partial charge in [-0.3, -0.25) is 4.79 Å². The van der Waals surface area contributed by atoms with Crippen LogP contribution in [0.3, 0.4) is 0 Å². The van der Waals surface area contributed by atoms with E-state index in [9.17, 15) is 14.0 Å². The van der Waals surface area contributed by atoms with Crippen LogP contribution in [0, 0.1) is 5.82 Å². The summed E-state index contributed by atoms with van der Waals surface area (Å²) in [5, 5.41) is 2.54. The number of rotatable bonds is 6. The lowest BCUT2D eigenvalue weighted by Gasteiger charge is -2.14. The molecule has 0 heterocycles. The molecule has 0 saturated carbocycles. The molecular formula is C18H18FNO5. The maximum Gasteiger partial charge on any atom is 0.339 e. The van der Waals surface area contributed by atoms with E-state index in [0.29, 0.717) is 17.2 Å². The largest absolute Gasteiger partial charge is 0.493 e. The molecule has 1 atom stereocenters. The molecular weight excluding hydrogens is 329 g/mol. The van der Waals surface area contributed by atoms with Gasteiger partial charge in [-0.25, -0.2) is 9.18 Å². The van der Waals surface area contributed by atoms with Crippen LogP contribution in [0.5, 0.6) is 11.5 Å². The van der Waals surface area contributed by atoms with Gasteiger partial charge in [-0.05, 0) is 49.4 Å². The number of halogens is 1. The molecule has 6 nitrogen and oxygen atoms in total. The van der Waals surface area contributed by atoms with Crippen LogP contribution >= 0.6 is 0 Å².